The van der Waals surface area contributed by atoms with Crippen LogP contribution in [0.5, 0.6) is 0 Å². The zero-order valence-electron chi connectivity index (χ0n) is 11.3. The van der Waals surface area contributed by atoms with Crippen molar-refractivity contribution in [2.45, 2.75) is 50.6 Å². The van der Waals surface area contributed by atoms with E-state index in [0.717, 1.165) is 29.5 Å². The predicted molar refractivity (Wildman–Crippen MR) is 83.1 cm³/mol. The molecule has 106 valence electrons. The largest absolute Gasteiger partial charge is 0.341 e. The van der Waals surface area contributed by atoms with Crippen molar-refractivity contribution in [2.24, 2.45) is 5.73 Å². The summed E-state index contributed by atoms with van der Waals surface area (Å²) in [7, 11) is 1.86. The van der Waals surface area contributed by atoms with Gasteiger partial charge in [0.25, 0.3) is 0 Å². The van der Waals surface area contributed by atoms with E-state index >= 15 is 0 Å². The summed E-state index contributed by atoms with van der Waals surface area (Å²) >= 11 is 5.09. The number of thiophene rings is 1. The summed E-state index contributed by atoms with van der Waals surface area (Å²) in [5.41, 5.74) is 7.25. The molecule has 0 atom stereocenters. The Balaban J connectivity index is 1.88. The third kappa shape index (κ3) is 4.29. The molecule has 0 spiro atoms. The molecule has 1 amide bonds. The van der Waals surface area contributed by atoms with Gasteiger partial charge in [0.2, 0.25) is 5.91 Å². The second kappa shape index (κ2) is 6.37. The lowest BCUT2D eigenvalue weighted by Crippen LogP contribution is -2.46. The quantitative estimate of drug-likeness (QED) is 0.908. The van der Waals surface area contributed by atoms with Crippen LogP contribution in [-0.4, -0.2) is 23.4 Å². The van der Waals surface area contributed by atoms with E-state index in [-0.39, 0.29) is 11.4 Å². The molecule has 1 saturated carbocycles. The topological polar surface area (TPSA) is 46.3 Å². The van der Waals surface area contributed by atoms with E-state index < -0.39 is 0 Å². The zero-order chi connectivity index (χ0) is 13.9. The number of hydrogen-bond donors (Lipinski definition) is 1. The first kappa shape index (κ1) is 15.0. The van der Waals surface area contributed by atoms with Gasteiger partial charge in [-0.3, -0.25) is 4.79 Å². The molecule has 1 heterocycles. The van der Waals surface area contributed by atoms with E-state index in [0.29, 0.717) is 13.0 Å². The Morgan fingerprint density at radius 2 is 2.16 bits per heavy atom. The average Bonchev–Trinajstić information content (AvgIpc) is 2.75. The van der Waals surface area contributed by atoms with E-state index in [1.165, 1.54) is 12.0 Å². The molecule has 0 aliphatic heterocycles. The fraction of sp³-hybridized carbons (Fsp3) is 0.643. The lowest BCUT2D eigenvalue weighted by Gasteiger charge is -2.34. The van der Waals surface area contributed by atoms with Crippen molar-refractivity contribution in [1.29, 1.82) is 0 Å². The molecule has 1 fully saturated rings. The second-order valence-electron chi connectivity index (χ2n) is 5.61. The Morgan fingerprint density at radius 3 is 2.74 bits per heavy atom. The van der Waals surface area contributed by atoms with Crippen molar-refractivity contribution in [3.05, 3.63) is 20.8 Å². The number of nitrogens with two attached hydrogens (primary N) is 1. The van der Waals surface area contributed by atoms with Gasteiger partial charge in [0.15, 0.2) is 0 Å². The molecule has 1 aromatic rings. The SMILES string of the molecule is CN(Cc1csc(Br)c1)C(=O)CC1(N)CCCCC1. The van der Waals surface area contributed by atoms with Gasteiger partial charge in [-0.25, -0.2) is 0 Å². The number of carbonyl (C=O) groups is 1. The van der Waals surface area contributed by atoms with Crippen LogP contribution in [0.4, 0.5) is 0 Å². The summed E-state index contributed by atoms with van der Waals surface area (Å²) in [5, 5.41) is 2.08. The molecule has 0 aromatic carbocycles. The third-order valence-corrected chi connectivity index (χ3v) is 5.37. The van der Waals surface area contributed by atoms with Gasteiger partial charge < -0.3 is 10.6 Å². The van der Waals surface area contributed by atoms with Crippen LogP contribution in [-0.2, 0) is 11.3 Å². The average molecular weight is 345 g/mol. The van der Waals surface area contributed by atoms with Crippen LogP contribution in [0.3, 0.4) is 0 Å². The van der Waals surface area contributed by atoms with Crippen LogP contribution in [0.2, 0.25) is 0 Å². The minimum Gasteiger partial charge on any atom is -0.341 e. The highest BCUT2D eigenvalue weighted by Crippen LogP contribution is 2.29. The van der Waals surface area contributed by atoms with Gasteiger partial charge in [0.05, 0.1) is 3.79 Å². The number of amides is 1. The molecular formula is C14H21BrN2OS. The molecule has 1 aliphatic carbocycles. The molecule has 3 nitrogen and oxygen atoms in total. The fourth-order valence-corrected chi connectivity index (χ4v) is 3.86. The highest BCUT2D eigenvalue weighted by molar-refractivity contribution is 9.11. The molecule has 1 aromatic heterocycles. The van der Waals surface area contributed by atoms with Gasteiger partial charge in [-0.1, -0.05) is 19.3 Å². The van der Waals surface area contributed by atoms with Gasteiger partial charge in [0, 0.05) is 25.6 Å². The molecule has 0 unspecified atom stereocenters. The Labute approximate surface area is 127 Å². The Kier molecular flexibility index (Phi) is 5.03. The lowest BCUT2D eigenvalue weighted by atomic mass is 9.80. The normalized spacial score (nSPS) is 18.3. The van der Waals surface area contributed by atoms with Crippen molar-refractivity contribution in [3.63, 3.8) is 0 Å². The molecule has 0 radical (unpaired) electrons. The molecule has 0 saturated heterocycles. The Morgan fingerprint density at radius 1 is 1.47 bits per heavy atom. The maximum Gasteiger partial charge on any atom is 0.224 e. The highest BCUT2D eigenvalue weighted by Gasteiger charge is 2.31. The van der Waals surface area contributed by atoms with Gasteiger partial charge in [-0.2, -0.15) is 0 Å². The first-order valence-corrected chi connectivity index (χ1v) is 8.42. The Hall–Kier alpha value is -0.390. The molecule has 19 heavy (non-hydrogen) atoms. The number of nitrogens with zero attached hydrogens (tertiary/aromatic N) is 1. The smallest absolute Gasteiger partial charge is 0.224 e. The van der Waals surface area contributed by atoms with Crippen molar-refractivity contribution in [2.75, 3.05) is 7.05 Å². The summed E-state index contributed by atoms with van der Waals surface area (Å²) in [6.07, 6.45) is 6.02. The highest BCUT2D eigenvalue weighted by atomic mass is 79.9. The van der Waals surface area contributed by atoms with E-state index in [9.17, 15) is 4.79 Å². The zero-order valence-corrected chi connectivity index (χ0v) is 13.7. The fourth-order valence-electron chi connectivity index (χ4n) is 2.66. The van der Waals surface area contributed by atoms with Gasteiger partial charge in [-0.15, -0.1) is 11.3 Å². The van der Waals surface area contributed by atoms with E-state index in [2.05, 4.69) is 27.4 Å². The number of hydrogen-bond acceptors (Lipinski definition) is 3. The maximum atomic E-state index is 12.3. The van der Waals surface area contributed by atoms with Gasteiger partial charge in [0.1, 0.15) is 0 Å². The lowest BCUT2D eigenvalue weighted by molar-refractivity contribution is -0.132. The van der Waals surface area contributed by atoms with Crippen LogP contribution in [0.25, 0.3) is 0 Å². The van der Waals surface area contributed by atoms with Crippen molar-refractivity contribution < 1.29 is 4.79 Å². The van der Waals surface area contributed by atoms with Crippen molar-refractivity contribution in [1.82, 2.24) is 4.90 Å². The molecule has 2 N–H and O–H groups in total. The molecule has 2 rings (SSSR count). The minimum absolute atomic E-state index is 0.159. The Bertz CT molecular complexity index is 440. The molecular weight excluding hydrogens is 324 g/mol. The van der Waals surface area contributed by atoms with Crippen molar-refractivity contribution in [3.8, 4) is 0 Å². The first-order chi connectivity index (χ1) is 8.98. The maximum absolute atomic E-state index is 12.3. The number of halogens is 1. The van der Waals surface area contributed by atoms with Crippen molar-refractivity contribution >= 4 is 33.2 Å². The number of rotatable bonds is 4. The summed E-state index contributed by atoms with van der Waals surface area (Å²) in [5.74, 6) is 0.159. The van der Waals surface area contributed by atoms with E-state index in [1.54, 1.807) is 16.2 Å². The predicted octanol–water partition coefficient (Wildman–Crippen LogP) is 3.52. The van der Waals surface area contributed by atoms with Crippen LogP contribution in [0.15, 0.2) is 15.2 Å². The summed E-state index contributed by atoms with van der Waals surface area (Å²) in [4.78, 5) is 14.1. The third-order valence-electron chi connectivity index (χ3n) is 3.82. The standard InChI is InChI=1S/C14H21BrN2OS/c1-17(9-11-7-12(15)19-10-11)13(18)8-14(16)5-3-2-4-6-14/h7,10H,2-6,8-9,16H2,1H3. The van der Waals surface area contributed by atoms with E-state index in [4.69, 9.17) is 5.73 Å². The number of carbonyl (C=O) groups excluding carboxylic acids is 1. The van der Waals surface area contributed by atoms with Crippen LogP contribution in [0.1, 0.15) is 44.1 Å². The summed E-state index contributed by atoms with van der Waals surface area (Å²) in [6, 6.07) is 2.06. The molecule has 1 aliphatic rings. The van der Waals surface area contributed by atoms with Crippen LogP contribution >= 0.6 is 27.3 Å². The first-order valence-electron chi connectivity index (χ1n) is 6.74. The minimum atomic E-state index is -0.265. The van der Waals surface area contributed by atoms with Crippen LogP contribution in [0, 0.1) is 0 Å². The summed E-state index contributed by atoms with van der Waals surface area (Å²) < 4.78 is 1.10. The van der Waals surface area contributed by atoms with Crippen LogP contribution < -0.4 is 5.73 Å². The molecule has 0 bridgehead atoms. The monoisotopic (exact) mass is 344 g/mol. The van der Waals surface area contributed by atoms with Gasteiger partial charge >= 0.3 is 0 Å². The van der Waals surface area contributed by atoms with E-state index in [1.807, 2.05) is 7.05 Å². The summed E-state index contributed by atoms with van der Waals surface area (Å²) in [6.45, 7) is 0.664. The van der Waals surface area contributed by atoms with Gasteiger partial charge in [-0.05, 0) is 45.8 Å². The second-order valence-corrected chi connectivity index (χ2v) is 7.90. The molecule has 5 heteroatoms.